The summed E-state index contributed by atoms with van der Waals surface area (Å²) in [5, 5.41) is 12.9. The highest BCUT2D eigenvalue weighted by atomic mass is 16.5. The highest BCUT2D eigenvalue weighted by Gasteiger charge is 2.62. The van der Waals surface area contributed by atoms with Gasteiger partial charge < -0.3 is 19.3 Å². The number of nitrogens with zero attached hydrogens (tertiary/aromatic N) is 1. The number of fused-ring (bicyclic) bond motifs is 3. The number of piperidine rings is 1. The summed E-state index contributed by atoms with van der Waals surface area (Å²) < 4.78 is 7.04. The van der Waals surface area contributed by atoms with Crippen molar-refractivity contribution >= 4 is 16.9 Å². The fourth-order valence-corrected chi connectivity index (χ4v) is 6.31. The van der Waals surface area contributed by atoms with Crippen LogP contribution >= 0.6 is 0 Å². The van der Waals surface area contributed by atoms with E-state index in [0.29, 0.717) is 12.5 Å². The van der Waals surface area contributed by atoms with Gasteiger partial charge in [0, 0.05) is 23.6 Å². The van der Waals surface area contributed by atoms with E-state index in [9.17, 15) is 9.90 Å². The zero-order valence-corrected chi connectivity index (χ0v) is 15.5. The van der Waals surface area contributed by atoms with Crippen LogP contribution in [0.15, 0.2) is 24.3 Å². The fraction of sp³-hybridized carbons (Fsp3) is 0.571. The molecule has 26 heavy (non-hydrogen) atoms. The van der Waals surface area contributed by atoms with Crippen LogP contribution in [0.25, 0.3) is 10.9 Å². The van der Waals surface area contributed by atoms with Crippen molar-refractivity contribution in [1.82, 2.24) is 4.57 Å². The maximum absolute atomic E-state index is 12.8. The normalized spacial score (nSPS) is 35.2. The molecule has 2 aromatic rings. The number of ether oxygens (including phenoxy) is 1. The van der Waals surface area contributed by atoms with E-state index in [2.05, 4.69) is 19.1 Å². The van der Waals surface area contributed by atoms with Crippen LogP contribution in [0.5, 0.6) is 0 Å². The standard InChI is InChI=1S/C21H26N2O3/c1-3-20-10-6-11-22-12-9-15-14-7-4-5-8-16(14)23(17(15)18(20)22)21(25,13-20)19(24)26-2/h4-5,7-8,18,25H,3,6,9-13H2,1-2H3/p+1/t18-,20-,21-/m1/s1. The van der Waals surface area contributed by atoms with Crippen LogP contribution in [-0.2, 0) is 21.7 Å². The van der Waals surface area contributed by atoms with Crippen LogP contribution in [0.1, 0.15) is 49.9 Å². The second kappa shape index (κ2) is 5.33. The molecule has 4 atom stereocenters. The molecular formula is C21H27N2O3+. The van der Waals surface area contributed by atoms with Gasteiger partial charge in [0.2, 0.25) is 5.72 Å². The third-order valence-corrected chi connectivity index (χ3v) is 7.37. The molecule has 0 radical (unpaired) electrons. The summed E-state index contributed by atoms with van der Waals surface area (Å²) in [5.74, 6) is -0.537. The zero-order valence-electron chi connectivity index (χ0n) is 15.5. The lowest BCUT2D eigenvalue weighted by Gasteiger charge is -2.55. The molecule has 1 aromatic heterocycles. The molecule has 3 aliphatic heterocycles. The summed E-state index contributed by atoms with van der Waals surface area (Å²) in [6.45, 7) is 4.54. The maximum atomic E-state index is 12.8. The number of hydrogen-bond acceptors (Lipinski definition) is 3. The second-order valence-electron chi connectivity index (χ2n) is 8.36. The Kier molecular flexibility index (Phi) is 3.35. The monoisotopic (exact) mass is 355 g/mol. The van der Waals surface area contributed by atoms with Gasteiger partial charge in [-0.15, -0.1) is 0 Å². The molecule has 1 saturated heterocycles. The van der Waals surface area contributed by atoms with Crippen molar-refractivity contribution in [3.63, 3.8) is 0 Å². The number of para-hydroxylation sites is 1. The molecule has 1 fully saturated rings. The van der Waals surface area contributed by atoms with E-state index in [4.69, 9.17) is 4.74 Å². The molecule has 5 heteroatoms. The first-order chi connectivity index (χ1) is 12.6. The molecule has 0 bridgehead atoms. The van der Waals surface area contributed by atoms with E-state index in [-0.39, 0.29) is 5.41 Å². The first-order valence-corrected chi connectivity index (χ1v) is 9.84. The third-order valence-electron chi connectivity index (χ3n) is 7.37. The maximum Gasteiger partial charge on any atom is 0.359 e. The van der Waals surface area contributed by atoms with Gasteiger partial charge in [-0.1, -0.05) is 25.1 Å². The predicted octanol–water partition coefficient (Wildman–Crippen LogP) is 1.54. The Bertz CT molecular complexity index is 904. The van der Waals surface area contributed by atoms with Gasteiger partial charge in [0.25, 0.3) is 0 Å². The van der Waals surface area contributed by atoms with E-state index in [1.54, 1.807) is 4.90 Å². The summed E-state index contributed by atoms with van der Waals surface area (Å²) in [6.07, 6.45) is 4.65. The molecule has 138 valence electrons. The van der Waals surface area contributed by atoms with Crippen LogP contribution in [0.2, 0.25) is 0 Å². The lowest BCUT2D eigenvalue weighted by Crippen LogP contribution is -3.16. The van der Waals surface area contributed by atoms with E-state index >= 15 is 0 Å². The van der Waals surface area contributed by atoms with Gasteiger partial charge in [-0.2, -0.15) is 0 Å². The molecule has 0 amide bonds. The molecule has 0 saturated carbocycles. The van der Waals surface area contributed by atoms with Gasteiger partial charge in [-0.3, -0.25) is 0 Å². The number of methoxy groups -OCH3 is 1. The van der Waals surface area contributed by atoms with Gasteiger partial charge in [-0.25, -0.2) is 4.79 Å². The summed E-state index contributed by atoms with van der Waals surface area (Å²) in [5.41, 5.74) is 1.82. The van der Waals surface area contributed by atoms with E-state index in [0.717, 1.165) is 37.7 Å². The Balaban J connectivity index is 1.89. The van der Waals surface area contributed by atoms with Gasteiger partial charge in [0.1, 0.15) is 6.04 Å². The average Bonchev–Trinajstić information content (AvgIpc) is 3.02. The van der Waals surface area contributed by atoms with Crippen molar-refractivity contribution in [1.29, 1.82) is 0 Å². The van der Waals surface area contributed by atoms with Crippen LogP contribution in [0, 0.1) is 5.41 Å². The Hall–Kier alpha value is -1.85. The summed E-state index contributed by atoms with van der Waals surface area (Å²) >= 11 is 0. The second-order valence-corrected chi connectivity index (χ2v) is 8.36. The molecular weight excluding hydrogens is 328 g/mol. The molecule has 2 N–H and O–H groups in total. The minimum atomic E-state index is -1.62. The predicted molar refractivity (Wildman–Crippen MR) is 97.9 cm³/mol. The first-order valence-electron chi connectivity index (χ1n) is 9.84. The Labute approximate surface area is 153 Å². The minimum Gasteiger partial charge on any atom is -0.465 e. The van der Waals surface area contributed by atoms with Crippen molar-refractivity contribution in [3.05, 3.63) is 35.5 Å². The van der Waals surface area contributed by atoms with Gasteiger partial charge in [0.05, 0.1) is 31.4 Å². The zero-order chi connectivity index (χ0) is 18.1. The number of aliphatic hydroxyl groups is 1. The number of carbonyl (C=O) groups is 1. The summed E-state index contributed by atoms with van der Waals surface area (Å²) in [6, 6.07) is 8.57. The van der Waals surface area contributed by atoms with E-state index in [1.165, 1.54) is 30.3 Å². The van der Waals surface area contributed by atoms with Crippen LogP contribution in [-0.4, -0.2) is 35.8 Å². The highest BCUT2D eigenvalue weighted by molar-refractivity contribution is 5.89. The largest absolute Gasteiger partial charge is 0.465 e. The Morgan fingerprint density at radius 2 is 2.19 bits per heavy atom. The number of rotatable bonds is 2. The first kappa shape index (κ1) is 16.3. The highest BCUT2D eigenvalue weighted by Crippen LogP contribution is 2.56. The number of quaternary nitrogens is 1. The summed E-state index contributed by atoms with van der Waals surface area (Å²) in [4.78, 5) is 14.5. The van der Waals surface area contributed by atoms with Crippen LogP contribution in [0.4, 0.5) is 0 Å². The molecule has 0 spiro atoms. The molecule has 5 nitrogen and oxygen atoms in total. The van der Waals surface area contributed by atoms with Crippen molar-refractivity contribution in [2.24, 2.45) is 5.41 Å². The van der Waals surface area contributed by atoms with E-state index in [1.807, 2.05) is 16.7 Å². The number of carbonyl (C=O) groups excluding carboxylic acids is 1. The molecule has 1 aromatic carbocycles. The Morgan fingerprint density at radius 1 is 1.38 bits per heavy atom. The fourth-order valence-electron chi connectivity index (χ4n) is 6.31. The number of aromatic nitrogens is 1. The lowest BCUT2D eigenvalue weighted by molar-refractivity contribution is -0.950. The average molecular weight is 355 g/mol. The molecule has 5 rings (SSSR count). The Morgan fingerprint density at radius 3 is 2.96 bits per heavy atom. The van der Waals surface area contributed by atoms with Gasteiger partial charge in [0.15, 0.2) is 0 Å². The molecule has 1 unspecified atom stereocenters. The third kappa shape index (κ3) is 1.80. The number of benzene rings is 1. The molecule has 4 heterocycles. The van der Waals surface area contributed by atoms with Crippen molar-refractivity contribution in [2.45, 2.75) is 50.8 Å². The molecule has 3 aliphatic rings. The van der Waals surface area contributed by atoms with Crippen molar-refractivity contribution < 1.29 is 19.5 Å². The summed E-state index contributed by atoms with van der Waals surface area (Å²) in [7, 11) is 1.38. The number of hydrogen-bond donors (Lipinski definition) is 2. The molecule has 0 aliphatic carbocycles. The smallest absolute Gasteiger partial charge is 0.359 e. The van der Waals surface area contributed by atoms with Crippen molar-refractivity contribution in [3.8, 4) is 0 Å². The van der Waals surface area contributed by atoms with Crippen LogP contribution in [0.3, 0.4) is 0 Å². The van der Waals surface area contributed by atoms with Gasteiger partial charge in [-0.05, 0) is 30.9 Å². The number of nitrogens with one attached hydrogen (secondary N) is 1. The van der Waals surface area contributed by atoms with Crippen molar-refractivity contribution in [2.75, 3.05) is 20.2 Å². The lowest BCUT2D eigenvalue weighted by atomic mass is 9.62. The minimum absolute atomic E-state index is 0.0456. The SMILES string of the molecule is CC[C@@]12CCC[NH+]3CCc4c(n(c5ccccc45)[C@](O)(C(=O)OC)C1)[C@@H]32. The van der Waals surface area contributed by atoms with Crippen LogP contribution < -0.4 is 4.90 Å². The van der Waals surface area contributed by atoms with E-state index < -0.39 is 11.7 Å². The van der Waals surface area contributed by atoms with Gasteiger partial charge >= 0.3 is 5.97 Å². The number of esters is 1. The topological polar surface area (TPSA) is 55.9 Å². The quantitative estimate of drug-likeness (QED) is 0.804.